The minimum atomic E-state index is -1.05. The number of hydrogen-bond acceptors (Lipinski definition) is 8. The minimum absolute atomic E-state index is 0.0278. The molecule has 7 atom stereocenters. The molecule has 50 heavy (non-hydrogen) atoms. The molecule has 0 radical (unpaired) electrons. The van der Waals surface area contributed by atoms with Crippen LogP contribution in [0, 0.1) is 28.6 Å². The molecule has 2 heterocycles. The summed E-state index contributed by atoms with van der Waals surface area (Å²) in [4.78, 5) is 47.9. The van der Waals surface area contributed by atoms with Gasteiger partial charge < -0.3 is 19.5 Å². The number of aromatic nitrogens is 3. The van der Waals surface area contributed by atoms with Gasteiger partial charge in [-0.15, -0.1) is 0 Å². The molecule has 1 amide bonds. The first-order valence-electron chi connectivity index (χ1n) is 18.2. The average molecular weight is 687 g/mol. The maximum Gasteiger partial charge on any atom is 0.419 e. The van der Waals surface area contributed by atoms with Crippen molar-refractivity contribution in [3.63, 3.8) is 0 Å². The van der Waals surface area contributed by atoms with E-state index in [-0.39, 0.29) is 23.4 Å². The zero-order valence-electron chi connectivity index (χ0n) is 31.0. The summed E-state index contributed by atoms with van der Waals surface area (Å²) in [7, 11) is 0. The molecule has 6 rings (SSSR count). The summed E-state index contributed by atoms with van der Waals surface area (Å²) in [6.45, 7) is 15.6. The lowest BCUT2D eigenvalue weighted by Crippen LogP contribution is -2.50. The van der Waals surface area contributed by atoms with Crippen LogP contribution in [0.4, 0.5) is 9.59 Å². The van der Waals surface area contributed by atoms with E-state index >= 15 is 0 Å². The number of imidazole rings is 1. The van der Waals surface area contributed by atoms with Crippen molar-refractivity contribution in [2.75, 3.05) is 0 Å². The van der Waals surface area contributed by atoms with Crippen molar-refractivity contribution in [2.45, 2.75) is 130 Å². The number of allylic oxidation sites excluding steroid dienone is 3. The highest BCUT2D eigenvalue weighted by Crippen LogP contribution is 2.66. The molecule has 2 aromatic heterocycles. The molecule has 0 unspecified atom stereocenters. The largest absolute Gasteiger partial charge is 0.461 e. The molecule has 2 aromatic rings. The molecule has 0 aromatic carbocycles. The first-order valence-corrected chi connectivity index (χ1v) is 18.2. The predicted molar refractivity (Wildman–Crippen MR) is 190 cm³/mol. The smallest absolute Gasteiger partial charge is 0.419 e. The quantitative estimate of drug-likeness (QED) is 0.184. The topological polar surface area (TPSA) is 122 Å². The molecule has 0 saturated heterocycles. The van der Waals surface area contributed by atoms with Gasteiger partial charge in [0.1, 0.15) is 29.7 Å². The Labute approximate surface area is 296 Å². The molecule has 0 spiro atoms. The Balaban J connectivity index is 1.13. The van der Waals surface area contributed by atoms with Crippen molar-refractivity contribution < 1.29 is 28.6 Å². The maximum absolute atomic E-state index is 13.8. The first kappa shape index (κ1) is 35.9. The fourth-order valence-electron chi connectivity index (χ4n) is 9.25. The van der Waals surface area contributed by atoms with Crippen molar-refractivity contribution in [2.24, 2.45) is 28.6 Å². The van der Waals surface area contributed by atoms with E-state index < -0.39 is 35.4 Å². The number of alkyl carbamates (subject to hydrolysis) is 1. The van der Waals surface area contributed by atoms with Crippen LogP contribution in [0.5, 0.6) is 0 Å². The molecule has 4 aliphatic rings. The normalized spacial score (nSPS) is 29.7. The second kappa shape index (κ2) is 13.3. The summed E-state index contributed by atoms with van der Waals surface area (Å²) in [6.07, 6.45) is 17.0. The van der Waals surface area contributed by atoms with Gasteiger partial charge in [-0.05, 0) is 126 Å². The van der Waals surface area contributed by atoms with Gasteiger partial charge in [-0.3, -0.25) is 4.98 Å². The van der Waals surface area contributed by atoms with E-state index in [4.69, 9.17) is 14.2 Å². The third-order valence-corrected chi connectivity index (χ3v) is 11.5. The molecule has 0 bridgehead atoms. The number of rotatable bonds is 6. The monoisotopic (exact) mass is 686 g/mol. The fraction of sp³-hybridized carbons (Fsp3) is 0.625. The first-order chi connectivity index (χ1) is 23.4. The number of carbonyl (C=O) groups is 3. The van der Waals surface area contributed by atoms with Crippen LogP contribution in [-0.4, -0.2) is 56.0 Å². The SMILES string of the molecule is CC(C)(C)OC(=O)N[C@@H](Cc1cn(C(=O)OC(C)(C)C)cn1)C(=O)O[C@H]1CC[C@@]2(C)C(=CC[C@@H]3[C@@H]2CC[C@]2(C)C(c4cccnc4)=CC[C@@H]32)C1. The standard InChI is InChI=1S/C40H54N4O6/c1-37(2,3)49-35(46)43-33(21-27-23-44(24-42-27)36(47)50-38(4,5)6)34(45)48-28-15-17-39(7)26(20-28)11-12-29-31-14-13-30(25-10-9-19-41-22-25)40(31,8)18-16-32(29)39/h9-11,13,19,22-24,28-29,31-33H,12,14-18,20-21H2,1-8H3,(H,43,46)/t28-,29-,31-,32-,33-,39-,40+/m0/s1. The summed E-state index contributed by atoms with van der Waals surface area (Å²) in [6, 6.07) is 3.19. The van der Waals surface area contributed by atoms with Gasteiger partial charge in [0.25, 0.3) is 0 Å². The molecule has 10 nitrogen and oxygen atoms in total. The number of carbonyl (C=O) groups excluding carboxylic acids is 3. The Morgan fingerprint density at radius 2 is 1.72 bits per heavy atom. The van der Waals surface area contributed by atoms with Crippen LogP contribution in [0.15, 0.2) is 54.8 Å². The second-order valence-corrected chi connectivity index (χ2v) is 17.3. The van der Waals surface area contributed by atoms with Crippen LogP contribution in [-0.2, 0) is 25.4 Å². The van der Waals surface area contributed by atoms with Gasteiger partial charge in [0.05, 0.1) is 5.69 Å². The van der Waals surface area contributed by atoms with Crippen molar-refractivity contribution in [3.8, 4) is 0 Å². The van der Waals surface area contributed by atoms with E-state index in [0.29, 0.717) is 29.9 Å². The van der Waals surface area contributed by atoms with Crippen molar-refractivity contribution in [1.82, 2.24) is 19.9 Å². The van der Waals surface area contributed by atoms with Crippen molar-refractivity contribution >= 4 is 23.7 Å². The molecule has 4 aliphatic carbocycles. The van der Waals surface area contributed by atoms with E-state index in [1.54, 1.807) is 41.5 Å². The van der Waals surface area contributed by atoms with E-state index in [2.05, 4.69) is 47.4 Å². The van der Waals surface area contributed by atoms with E-state index in [9.17, 15) is 14.4 Å². The lowest BCUT2D eigenvalue weighted by atomic mass is 9.47. The number of pyridine rings is 1. The Morgan fingerprint density at radius 3 is 2.42 bits per heavy atom. The van der Waals surface area contributed by atoms with Crippen LogP contribution in [0.2, 0.25) is 0 Å². The molecule has 270 valence electrons. The Morgan fingerprint density at radius 1 is 0.980 bits per heavy atom. The number of nitrogens with one attached hydrogen (secondary N) is 1. The molecular weight excluding hydrogens is 632 g/mol. The summed E-state index contributed by atoms with van der Waals surface area (Å²) >= 11 is 0. The van der Waals surface area contributed by atoms with E-state index in [1.807, 2.05) is 18.5 Å². The van der Waals surface area contributed by atoms with Crippen molar-refractivity contribution in [1.29, 1.82) is 0 Å². The molecular formula is C40H54N4O6. The summed E-state index contributed by atoms with van der Waals surface area (Å²) < 4.78 is 18.3. The highest BCUT2D eigenvalue weighted by Gasteiger charge is 2.57. The average Bonchev–Trinajstić information content (AvgIpc) is 3.64. The summed E-state index contributed by atoms with van der Waals surface area (Å²) in [5, 5.41) is 2.70. The van der Waals surface area contributed by atoms with Gasteiger partial charge in [-0.25, -0.2) is 23.9 Å². The van der Waals surface area contributed by atoms with E-state index in [0.717, 1.165) is 25.7 Å². The third kappa shape index (κ3) is 7.40. The lowest BCUT2D eigenvalue weighted by Gasteiger charge is -2.57. The van der Waals surface area contributed by atoms with Gasteiger partial charge >= 0.3 is 18.2 Å². The predicted octanol–water partition coefficient (Wildman–Crippen LogP) is 8.07. The third-order valence-electron chi connectivity index (χ3n) is 11.5. The molecule has 0 aliphatic heterocycles. The Hall–Kier alpha value is -3.95. The Kier molecular flexibility index (Phi) is 9.54. The van der Waals surface area contributed by atoms with Crippen LogP contribution < -0.4 is 5.32 Å². The number of nitrogens with zero attached hydrogens (tertiary/aromatic N) is 3. The molecule has 2 saturated carbocycles. The highest BCUT2D eigenvalue weighted by molar-refractivity contribution is 5.82. The van der Waals surface area contributed by atoms with E-state index in [1.165, 1.54) is 46.6 Å². The number of fused-ring (bicyclic) bond motifs is 5. The fourth-order valence-corrected chi connectivity index (χ4v) is 9.25. The van der Waals surface area contributed by atoms with Crippen LogP contribution >= 0.6 is 0 Å². The maximum atomic E-state index is 13.8. The lowest BCUT2D eigenvalue weighted by molar-refractivity contribution is -0.154. The molecule has 10 heteroatoms. The highest BCUT2D eigenvalue weighted by atomic mass is 16.6. The van der Waals surface area contributed by atoms with Gasteiger partial charge in [0.15, 0.2) is 0 Å². The zero-order valence-corrected chi connectivity index (χ0v) is 31.0. The van der Waals surface area contributed by atoms with Crippen LogP contribution in [0.25, 0.3) is 5.57 Å². The second-order valence-electron chi connectivity index (χ2n) is 17.3. The number of hydrogen-bond donors (Lipinski definition) is 1. The minimum Gasteiger partial charge on any atom is -0.461 e. The number of amides is 1. The van der Waals surface area contributed by atoms with Gasteiger partial charge in [0, 0.05) is 31.4 Å². The molecule has 2 fully saturated rings. The van der Waals surface area contributed by atoms with Gasteiger partial charge in [0.2, 0.25) is 0 Å². The number of esters is 1. The van der Waals surface area contributed by atoms with Crippen LogP contribution in [0.3, 0.4) is 0 Å². The summed E-state index contributed by atoms with van der Waals surface area (Å²) in [5.74, 6) is 1.29. The molecule has 1 N–H and O–H groups in total. The number of ether oxygens (including phenoxy) is 3. The Bertz CT molecular complexity index is 1670. The zero-order chi connectivity index (χ0) is 36.1. The summed E-state index contributed by atoms with van der Waals surface area (Å²) in [5.41, 5.74) is 3.38. The van der Waals surface area contributed by atoms with Crippen LogP contribution in [0.1, 0.15) is 112 Å². The van der Waals surface area contributed by atoms with Gasteiger partial charge in [-0.1, -0.05) is 37.6 Å². The van der Waals surface area contributed by atoms with Gasteiger partial charge in [-0.2, -0.15) is 0 Å². The van der Waals surface area contributed by atoms with Crippen molar-refractivity contribution in [3.05, 3.63) is 66.0 Å².